The van der Waals surface area contributed by atoms with Crippen LogP contribution in [0.25, 0.3) is 33.4 Å². The summed E-state index contributed by atoms with van der Waals surface area (Å²) in [6.07, 6.45) is 13.4. The molecule has 0 aliphatic heterocycles. The van der Waals surface area contributed by atoms with E-state index in [4.69, 9.17) is 18.9 Å². The van der Waals surface area contributed by atoms with Crippen LogP contribution < -0.4 is 18.9 Å². The Morgan fingerprint density at radius 1 is 0.287 bits per heavy atom. The fourth-order valence-electron chi connectivity index (χ4n) is 14.0. The summed E-state index contributed by atoms with van der Waals surface area (Å²) >= 11 is 0. The van der Waals surface area contributed by atoms with Gasteiger partial charge in [0.2, 0.25) is 0 Å². The molecule has 0 saturated carbocycles. The van der Waals surface area contributed by atoms with Gasteiger partial charge in [-0.25, -0.2) is 0 Å². The Kier molecular flexibility index (Phi) is 33.2. The lowest BCUT2D eigenvalue weighted by Crippen LogP contribution is -2.11. The summed E-state index contributed by atoms with van der Waals surface area (Å²) in [5.41, 5.74) is 22.4. The van der Waals surface area contributed by atoms with Crippen LogP contribution in [0.15, 0.2) is 279 Å². The summed E-state index contributed by atoms with van der Waals surface area (Å²) in [5, 5.41) is 0. The predicted molar refractivity (Wildman–Crippen MR) is 466 cm³/mol. The Labute approximate surface area is 654 Å². The number of rotatable bonds is 13. The number of methoxy groups -OCH3 is 3. The summed E-state index contributed by atoms with van der Waals surface area (Å²) < 4.78 is 21.8. The Morgan fingerprint density at radius 2 is 0.648 bits per heavy atom. The molecule has 570 valence electrons. The Bertz CT molecular complexity index is 4260. The highest BCUT2D eigenvalue weighted by molar-refractivity contribution is 5.68. The van der Waals surface area contributed by atoms with Gasteiger partial charge in [-0.1, -0.05) is 360 Å². The molecule has 0 spiro atoms. The van der Waals surface area contributed by atoms with Crippen molar-refractivity contribution in [3.63, 3.8) is 0 Å². The minimum absolute atomic E-state index is 0.176. The second-order valence-corrected chi connectivity index (χ2v) is 35.4. The molecule has 2 atom stereocenters. The lowest BCUT2D eigenvalue weighted by molar-refractivity contribution is 0.347. The summed E-state index contributed by atoms with van der Waals surface area (Å²) in [7, 11) is 4.97. The maximum atomic E-state index is 5.76. The van der Waals surface area contributed by atoms with Gasteiger partial charge in [-0.15, -0.1) is 0 Å². The van der Waals surface area contributed by atoms with E-state index < -0.39 is 0 Å². The Balaban J connectivity index is 0.000000177. The first-order valence-electron chi connectivity index (χ1n) is 39.5. The first-order chi connectivity index (χ1) is 51.3. The van der Waals surface area contributed by atoms with Crippen LogP contribution in [0.5, 0.6) is 28.7 Å². The molecule has 0 radical (unpaired) electrons. The molecular formula is C104H130O4. The van der Waals surface area contributed by atoms with E-state index in [1.807, 2.05) is 54.6 Å². The van der Waals surface area contributed by atoms with Gasteiger partial charge < -0.3 is 18.9 Å². The van der Waals surface area contributed by atoms with E-state index in [0.29, 0.717) is 21.7 Å². The number of ether oxygens (including phenoxy) is 4. The average Bonchev–Trinajstić information content (AvgIpc) is 0.829. The predicted octanol–water partition coefficient (Wildman–Crippen LogP) is 29.4. The normalized spacial score (nSPS) is 13.7. The van der Waals surface area contributed by atoms with Crippen molar-refractivity contribution in [2.75, 3.05) is 21.3 Å². The lowest BCUT2D eigenvalue weighted by Gasteiger charge is -2.22. The molecule has 11 aromatic carbocycles. The maximum absolute atomic E-state index is 5.76. The topological polar surface area (TPSA) is 36.9 Å². The van der Waals surface area contributed by atoms with E-state index in [0.717, 1.165) is 78.3 Å². The summed E-state index contributed by atoms with van der Waals surface area (Å²) in [4.78, 5) is 0. The van der Waals surface area contributed by atoms with Crippen molar-refractivity contribution in [1.82, 2.24) is 0 Å². The van der Waals surface area contributed by atoms with Gasteiger partial charge in [0.05, 0.1) is 21.3 Å². The van der Waals surface area contributed by atoms with Crippen LogP contribution in [0.3, 0.4) is 0 Å². The van der Waals surface area contributed by atoms with Gasteiger partial charge in [0.1, 0.15) is 28.7 Å². The van der Waals surface area contributed by atoms with Crippen LogP contribution in [0.2, 0.25) is 0 Å². The number of hydrogen-bond donors (Lipinski definition) is 0. The fourth-order valence-corrected chi connectivity index (χ4v) is 14.0. The molecule has 4 heteroatoms. The van der Waals surface area contributed by atoms with Crippen LogP contribution in [-0.2, 0) is 44.9 Å². The third kappa shape index (κ3) is 31.1. The zero-order valence-corrected chi connectivity index (χ0v) is 69.6. The fraction of sp³-hybridized carbons (Fsp3) is 0.365. The van der Waals surface area contributed by atoms with Crippen molar-refractivity contribution in [3.05, 3.63) is 329 Å². The highest BCUT2D eigenvalue weighted by Crippen LogP contribution is 2.39. The van der Waals surface area contributed by atoms with E-state index in [-0.39, 0.29) is 5.41 Å². The van der Waals surface area contributed by atoms with E-state index in [9.17, 15) is 0 Å². The molecule has 2 aliphatic rings. The van der Waals surface area contributed by atoms with Gasteiger partial charge in [-0.05, 0) is 212 Å². The molecule has 11 aromatic rings. The number of fused-ring (bicyclic) bond motifs is 2. The Hall–Kier alpha value is -9.38. The van der Waals surface area contributed by atoms with Crippen molar-refractivity contribution >= 4 is 0 Å². The molecule has 0 saturated heterocycles. The number of benzene rings is 11. The minimum Gasteiger partial charge on any atom is -0.496 e. The van der Waals surface area contributed by atoms with Crippen LogP contribution in [0.4, 0.5) is 0 Å². The summed E-state index contributed by atoms with van der Waals surface area (Å²) in [6.45, 7) is 38.5. The van der Waals surface area contributed by atoms with Gasteiger partial charge in [0.25, 0.3) is 0 Å². The standard InChI is InChI=1S/C17H20O.3C17H20.C14H22O3.2C11H14/c1-17(2,3)13-14-9-11-16(12-10-14)18-15-7-5-4-6-8-15;1-17(2,3)13-14-8-7-11-16(12-14)15-9-5-4-6-10-15;1-17(2,3)13-15-11-7-8-12-16(15)14-9-5-4-6-10-14;1-17(2,3)13-14-9-11-16(12-10-14)15-7-5-4-6-8-15;1-14(2,3)9-11-12(16-5)7-10(15-4)8-13(11)17-6;2*1-9-5-4-7-10-6-2-3-8-11(9)10/h4-12H,13H2,1-3H3;3*4-12H,13H2,1-3H3;7-8H,9H2,1-6H3;2*2-3,6,8-9H,4-5,7H2,1H3/t;;;;;2*9-/m.....10/s1. The molecule has 0 heterocycles. The molecule has 2 aliphatic carbocycles. The maximum Gasteiger partial charge on any atom is 0.129 e. The third-order valence-corrected chi connectivity index (χ3v) is 18.9. The zero-order valence-electron chi connectivity index (χ0n) is 69.6. The number of hydrogen-bond acceptors (Lipinski definition) is 4. The minimum atomic E-state index is 0.176. The van der Waals surface area contributed by atoms with Gasteiger partial charge in [0.15, 0.2) is 0 Å². The highest BCUT2D eigenvalue weighted by atomic mass is 16.5. The molecule has 4 nitrogen and oxygen atoms in total. The van der Waals surface area contributed by atoms with Gasteiger partial charge >= 0.3 is 0 Å². The average molecular weight is 1440 g/mol. The largest absolute Gasteiger partial charge is 0.496 e. The molecule has 13 rings (SSSR count). The summed E-state index contributed by atoms with van der Waals surface area (Å²) in [5.74, 6) is 5.73. The van der Waals surface area contributed by atoms with Gasteiger partial charge in [-0.3, -0.25) is 0 Å². The monoisotopic (exact) mass is 1440 g/mol. The second-order valence-electron chi connectivity index (χ2n) is 35.4. The molecule has 0 fully saturated rings. The smallest absolute Gasteiger partial charge is 0.129 e. The number of aryl methyl sites for hydroxylation is 2. The molecule has 0 bridgehead atoms. The van der Waals surface area contributed by atoms with Crippen molar-refractivity contribution in [3.8, 4) is 62.1 Å². The first-order valence-corrected chi connectivity index (χ1v) is 39.5. The summed E-state index contributed by atoms with van der Waals surface area (Å²) in [6, 6.07) is 97.9. The molecule has 0 unspecified atom stereocenters. The SMILES string of the molecule is CC(C)(C)Cc1ccc(-c2ccccc2)cc1.CC(C)(C)Cc1ccc(Oc2ccccc2)cc1.CC(C)(C)Cc1cccc(-c2ccccc2)c1.CC(C)(C)Cc1ccccc1-c1ccccc1.COc1cc(OC)c(CC(C)(C)C)c(OC)c1.C[C@@H]1CCCc2ccccc21.C[C@H]1CCCc2ccccc21. The van der Waals surface area contributed by atoms with Crippen molar-refractivity contribution in [2.45, 2.75) is 200 Å². The zero-order chi connectivity index (χ0) is 78.3. The van der Waals surface area contributed by atoms with Gasteiger partial charge in [0, 0.05) is 17.7 Å². The van der Waals surface area contributed by atoms with E-state index in [1.165, 1.54) is 94.2 Å². The van der Waals surface area contributed by atoms with E-state index in [1.54, 1.807) is 43.6 Å². The van der Waals surface area contributed by atoms with Crippen molar-refractivity contribution in [2.24, 2.45) is 27.1 Å². The number of para-hydroxylation sites is 1. The molecular weight excluding hydrogens is 1310 g/mol. The van der Waals surface area contributed by atoms with Crippen molar-refractivity contribution < 1.29 is 18.9 Å². The second kappa shape index (κ2) is 41.8. The lowest BCUT2D eigenvalue weighted by atomic mass is 9.84. The highest BCUT2D eigenvalue weighted by Gasteiger charge is 2.22. The Morgan fingerprint density at radius 3 is 1.08 bits per heavy atom. The quantitative estimate of drug-likeness (QED) is 0.115. The van der Waals surface area contributed by atoms with Crippen LogP contribution in [-0.4, -0.2) is 21.3 Å². The van der Waals surface area contributed by atoms with Gasteiger partial charge in [-0.2, -0.15) is 0 Å². The van der Waals surface area contributed by atoms with Crippen LogP contribution in [0.1, 0.15) is 205 Å². The molecule has 0 amide bonds. The van der Waals surface area contributed by atoms with Crippen LogP contribution in [0, 0.1) is 27.1 Å². The van der Waals surface area contributed by atoms with E-state index in [2.05, 4.69) is 342 Å². The van der Waals surface area contributed by atoms with Crippen molar-refractivity contribution in [1.29, 1.82) is 0 Å². The third-order valence-electron chi connectivity index (χ3n) is 18.9. The molecule has 0 aromatic heterocycles. The first kappa shape index (κ1) is 85.9. The molecule has 108 heavy (non-hydrogen) atoms. The van der Waals surface area contributed by atoms with Crippen LogP contribution >= 0.6 is 0 Å². The molecule has 0 N–H and O–H groups in total. The van der Waals surface area contributed by atoms with E-state index >= 15 is 0 Å².